The van der Waals surface area contributed by atoms with E-state index in [9.17, 15) is 13.2 Å². The van der Waals surface area contributed by atoms with Crippen LogP contribution in [0, 0.1) is 0 Å². The smallest absolute Gasteiger partial charge is 0.221 e. The fraction of sp³-hybridized carbons (Fsp3) is 0.533. The van der Waals surface area contributed by atoms with Gasteiger partial charge >= 0.3 is 0 Å². The molecule has 22 heavy (non-hydrogen) atoms. The van der Waals surface area contributed by atoms with Crippen molar-refractivity contribution in [1.29, 1.82) is 0 Å². The van der Waals surface area contributed by atoms with E-state index in [4.69, 9.17) is 4.74 Å². The lowest BCUT2D eigenvalue weighted by atomic mass is 10.1. The number of nitrogens with one attached hydrogen (secondary N) is 1. The SMILES string of the molecule is COCCNC(=O)CCN(CCc1ccccc1)S(C)(=O)=O. The normalized spacial score (nSPS) is 11.6. The van der Waals surface area contributed by atoms with Gasteiger partial charge in [0.25, 0.3) is 0 Å². The predicted octanol–water partition coefficient (Wildman–Crippen LogP) is 0.643. The molecule has 0 spiro atoms. The third-order valence-corrected chi connectivity index (χ3v) is 4.48. The van der Waals surface area contributed by atoms with Crippen LogP contribution in [0.25, 0.3) is 0 Å². The van der Waals surface area contributed by atoms with Crippen LogP contribution in [-0.2, 0) is 26.0 Å². The van der Waals surface area contributed by atoms with Gasteiger partial charge in [0.1, 0.15) is 0 Å². The average Bonchev–Trinajstić information content (AvgIpc) is 2.47. The van der Waals surface area contributed by atoms with Crippen molar-refractivity contribution in [2.75, 3.05) is 39.6 Å². The topological polar surface area (TPSA) is 75.7 Å². The molecule has 0 unspecified atom stereocenters. The first-order valence-electron chi connectivity index (χ1n) is 7.18. The summed E-state index contributed by atoms with van der Waals surface area (Å²) in [4.78, 5) is 11.6. The second-order valence-corrected chi connectivity index (χ2v) is 6.97. The molecule has 1 N–H and O–H groups in total. The Morgan fingerprint density at radius 2 is 1.91 bits per heavy atom. The van der Waals surface area contributed by atoms with Crippen LogP contribution in [0.1, 0.15) is 12.0 Å². The Kier molecular flexibility index (Phi) is 8.08. The van der Waals surface area contributed by atoms with Gasteiger partial charge in [-0.25, -0.2) is 12.7 Å². The van der Waals surface area contributed by atoms with Gasteiger partial charge in [-0.1, -0.05) is 30.3 Å². The van der Waals surface area contributed by atoms with E-state index in [1.807, 2.05) is 30.3 Å². The summed E-state index contributed by atoms with van der Waals surface area (Å²) in [5.41, 5.74) is 1.07. The van der Waals surface area contributed by atoms with Crippen molar-refractivity contribution < 1.29 is 17.9 Å². The maximum absolute atomic E-state index is 11.8. The Hall–Kier alpha value is -1.44. The number of rotatable bonds is 10. The fourth-order valence-corrected chi connectivity index (χ4v) is 2.79. The van der Waals surface area contributed by atoms with Gasteiger partial charge < -0.3 is 10.1 Å². The van der Waals surface area contributed by atoms with Gasteiger partial charge in [0.05, 0.1) is 12.9 Å². The molecule has 6 nitrogen and oxygen atoms in total. The number of sulfonamides is 1. The van der Waals surface area contributed by atoms with Crippen LogP contribution in [0.15, 0.2) is 30.3 Å². The molecule has 0 aromatic heterocycles. The van der Waals surface area contributed by atoms with E-state index in [0.29, 0.717) is 26.1 Å². The Bertz CT molecular complexity index is 546. The number of nitrogens with zero attached hydrogens (tertiary/aromatic N) is 1. The van der Waals surface area contributed by atoms with Crippen LogP contribution in [0.4, 0.5) is 0 Å². The van der Waals surface area contributed by atoms with E-state index in [1.54, 1.807) is 7.11 Å². The highest BCUT2D eigenvalue weighted by Gasteiger charge is 2.17. The molecule has 0 atom stereocenters. The number of hydrogen-bond donors (Lipinski definition) is 1. The number of benzene rings is 1. The zero-order chi connectivity index (χ0) is 16.4. The van der Waals surface area contributed by atoms with Crippen molar-refractivity contribution in [3.8, 4) is 0 Å². The highest BCUT2D eigenvalue weighted by atomic mass is 32.2. The second-order valence-electron chi connectivity index (χ2n) is 4.99. The van der Waals surface area contributed by atoms with E-state index >= 15 is 0 Å². The number of carbonyl (C=O) groups is 1. The first-order valence-corrected chi connectivity index (χ1v) is 9.03. The zero-order valence-corrected chi connectivity index (χ0v) is 13.9. The van der Waals surface area contributed by atoms with Gasteiger partial charge in [0, 0.05) is 33.2 Å². The molecule has 1 rings (SSSR count). The molecule has 1 aromatic carbocycles. The summed E-state index contributed by atoms with van der Waals surface area (Å²) in [6.45, 7) is 1.42. The largest absolute Gasteiger partial charge is 0.383 e. The summed E-state index contributed by atoms with van der Waals surface area (Å²) >= 11 is 0. The van der Waals surface area contributed by atoms with E-state index in [2.05, 4.69) is 5.32 Å². The summed E-state index contributed by atoms with van der Waals surface area (Å²) < 4.78 is 29.8. The first kappa shape index (κ1) is 18.6. The standard InChI is InChI=1S/C15H24N2O4S/c1-21-13-10-16-15(18)9-12-17(22(2,19)20)11-8-14-6-4-3-5-7-14/h3-7H,8-13H2,1-2H3,(H,16,18). The lowest BCUT2D eigenvalue weighted by Crippen LogP contribution is -2.36. The summed E-state index contributed by atoms with van der Waals surface area (Å²) in [5.74, 6) is -0.176. The highest BCUT2D eigenvalue weighted by molar-refractivity contribution is 7.88. The monoisotopic (exact) mass is 328 g/mol. The number of amides is 1. The molecule has 0 aliphatic carbocycles. The van der Waals surface area contributed by atoms with E-state index in [0.717, 1.165) is 5.56 Å². The summed E-state index contributed by atoms with van der Waals surface area (Å²) in [6.07, 6.45) is 1.94. The Morgan fingerprint density at radius 1 is 1.23 bits per heavy atom. The zero-order valence-electron chi connectivity index (χ0n) is 13.1. The van der Waals surface area contributed by atoms with Gasteiger partial charge in [0.2, 0.25) is 15.9 Å². The maximum atomic E-state index is 11.8. The van der Waals surface area contributed by atoms with Crippen molar-refractivity contribution in [2.45, 2.75) is 12.8 Å². The van der Waals surface area contributed by atoms with Gasteiger partial charge in [-0.2, -0.15) is 0 Å². The van der Waals surface area contributed by atoms with Crippen molar-refractivity contribution in [2.24, 2.45) is 0 Å². The molecule has 0 bridgehead atoms. The fourth-order valence-electron chi connectivity index (χ4n) is 1.95. The number of hydrogen-bond acceptors (Lipinski definition) is 4. The lowest BCUT2D eigenvalue weighted by Gasteiger charge is -2.19. The molecule has 0 heterocycles. The van der Waals surface area contributed by atoms with Gasteiger partial charge in [-0.05, 0) is 12.0 Å². The molecule has 0 fully saturated rings. The summed E-state index contributed by atoms with van der Waals surface area (Å²) in [5, 5.41) is 2.68. The average molecular weight is 328 g/mol. The van der Waals surface area contributed by atoms with Gasteiger partial charge in [-0.15, -0.1) is 0 Å². The molecule has 0 aliphatic heterocycles. The molecule has 0 radical (unpaired) electrons. The minimum Gasteiger partial charge on any atom is -0.383 e. The lowest BCUT2D eigenvalue weighted by molar-refractivity contribution is -0.121. The van der Waals surface area contributed by atoms with E-state index in [1.165, 1.54) is 10.6 Å². The third kappa shape index (κ3) is 7.53. The molecule has 7 heteroatoms. The van der Waals surface area contributed by atoms with E-state index in [-0.39, 0.29) is 18.9 Å². The Labute approximate surface area is 132 Å². The summed E-state index contributed by atoms with van der Waals surface area (Å²) in [7, 11) is -1.77. The second kappa shape index (κ2) is 9.55. The Balaban J connectivity index is 2.46. The quantitative estimate of drug-likeness (QED) is 0.640. The summed E-state index contributed by atoms with van der Waals surface area (Å²) in [6, 6.07) is 9.67. The predicted molar refractivity (Wildman–Crippen MR) is 86.1 cm³/mol. The van der Waals surface area contributed by atoms with Crippen molar-refractivity contribution in [1.82, 2.24) is 9.62 Å². The minimum atomic E-state index is -3.33. The van der Waals surface area contributed by atoms with Crippen molar-refractivity contribution >= 4 is 15.9 Å². The van der Waals surface area contributed by atoms with E-state index < -0.39 is 10.0 Å². The van der Waals surface area contributed by atoms with Crippen molar-refractivity contribution in [3.63, 3.8) is 0 Å². The molecule has 1 amide bonds. The molecule has 0 saturated carbocycles. The van der Waals surface area contributed by atoms with Gasteiger partial charge in [-0.3, -0.25) is 4.79 Å². The molecule has 0 aliphatic rings. The molecule has 124 valence electrons. The van der Waals surface area contributed by atoms with Crippen LogP contribution in [-0.4, -0.2) is 58.2 Å². The number of carbonyl (C=O) groups excluding carboxylic acids is 1. The third-order valence-electron chi connectivity index (χ3n) is 3.18. The molecular formula is C15H24N2O4S. The van der Waals surface area contributed by atoms with Crippen LogP contribution in [0.3, 0.4) is 0 Å². The highest BCUT2D eigenvalue weighted by Crippen LogP contribution is 2.05. The van der Waals surface area contributed by atoms with Crippen molar-refractivity contribution in [3.05, 3.63) is 35.9 Å². The maximum Gasteiger partial charge on any atom is 0.221 e. The van der Waals surface area contributed by atoms with Crippen LogP contribution in [0.2, 0.25) is 0 Å². The molecular weight excluding hydrogens is 304 g/mol. The Morgan fingerprint density at radius 3 is 2.50 bits per heavy atom. The number of ether oxygens (including phenoxy) is 1. The van der Waals surface area contributed by atoms with Gasteiger partial charge in [0.15, 0.2) is 0 Å². The number of methoxy groups -OCH3 is 1. The molecule has 1 aromatic rings. The van der Waals surface area contributed by atoms with Crippen LogP contribution < -0.4 is 5.32 Å². The minimum absolute atomic E-state index is 0.144. The van der Waals surface area contributed by atoms with Crippen LogP contribution in [0.5, 0.6) is 0 Å². The first-order chi connectivity index (χ1) is 10.4. The van der Waals surface area contributed by atoms with Crippen LogP contribution >= 0.6 is 0 Å². The molecule has 0 saturated heterocycles.